The zero-order valence-electron chi connectivity index (χ0n) is 13.3. The van der Waals surface area contributed by atoms with Crippen molar-refractivity contribution >= 4 is 16.8 Å². The molecule has 3 nitrogen and oxygen atoms in total. The Morgan fingerprint density at radius 1 is 1.21 bits per heavy atom. The van der Waals surface area contributed by atoms with Crippen molar-refractivity contribution in [3.05, 3.63) is 23.8 Å². The monoisotopic (exact) mass is 282 g/mol. The third-order valence-electron chi connectivity index (χ3n) is 5.35. The molecule has 1 saturated carbocycles. The Bertz CT molecular complexity index is 638. The second-order valence-electron chi connectivity index (χ2n) is 6.22. The lowest BCUT2D eigenvalue weighted by Crippen LogP contribution is -2.24. The predicted octanol–water partition coefficient (Wildman–Crippen LogP) is 3.48. The van der Waals surface area contributed by atoms with Crippen LogP contribution in [-0.2, 0) is 10.2 Å². The molecule has 4 heteroatoms. The molecule has 0 N–H and O–H groups in total. The van der Waals surface area contributed by atoms with Gasteiger partial charge in [0.15, 0.2) is 11.5 Å². The normalized spacial score (nSPS) is 28.3. The Morgan fingerprint density at radius 2 is 1.79 bits per heavy atom. The van der Waals surface area contributed by atoms with Gasteiger partial charge in [0.1, 0.15) is 2.74 Å². The highest BCUT2D eigenvalue weighted by Gasteiger charge is 2.81. The van der Waals surface area contributed by atoms with Crippen molar-refractivity contribution in [1.82, 2.24) is 0 Å². The number of hydrogen-bond acceptors (Lipinski definition) is 3. The summed E-state index contributed by atoms with van der Waals surface area (Å²) in [4.78, 5) is 12.2. The molecule has 0 bridgehead atoms. The highest BCUT2D eigenvalue weighted by Crippen LogP contribution is 2.78. The molecule has 0 radical (unpaired) electrons. The average Bonchev–Trinajstić information content (AvgIpc) is 2.57. The molecule has 1 aliphatic carbocycles. The first-order chi connectivity index (χ1) is 9.47. The molecule has 0 atom stereocenters. The van der Waals surface area contributed by atoms with Crippen molar-refractivity contribution in [1.29, 1.82) is 0 Å². The maximum absolute atomic E-state index is 12.2. The molecule has 0 spiro atoms. The lowest BCUT2D eigenvalue weighted by molar-refractivity contribution is -0.115. The number of ether oxygens (including phenoxy) is 2. The Balaban J connectivity index is 2.13. The molecule has 0 unspecified atom stereocenters. The van der Waals surface area contributed by atoms with Gasteiger partial charge in [-0.2, -0.15) is 0 Å². The van der Waals surface area contributed by atoms with Gasteiger partial charge in [-0.3, -0.25) is 4.79 Å². The zero-order chi connectivity index (χ0) is 15.8. The first-order valence-electron chi connectivity index (χ1n) is 7.20. The minimum atomic E-state index is -2.17. The Labute approximate surface area is 120 Å². The van der Waals surface area contributed by atoms with E-state index in [1.165, 1.54) is 0 Å². The van der Waals surface area contributed by atoms with Gasteiger partial charge in [0.2, 0.25) is 12.0 Å². The van der Waals surface area contributed by atoms with Crippen LogP contribution in [0.3, 0.4) is 0 Å². The molecule has 1 heterocycles. The van der Waals surface area contributed by atoms with Crippen LogP contribution in [0.2, 0.25) is 0 Å². The molecule has 0 aromatic heterocycles. The van der Waals surface area contributed by atoms with Gasteiger partial charge in [0.25, 0.3) is 0 Å². The Morgan fingerprint density at radius 3 is 2.32 bits per heavy atom. The van der Waals surface area contributed by atoms with Gasteiger partial charge in [-0.15, -0.1) is 0 Å². The molecule has 2 aliphatic rings. The number of halogens is 1. The molecular formula is C15H17ClO3. The van der Waals surface area contributed by atoms with Crippen molar-refractivity contribution in [2.24, 2.45) is 10.8 Å². The number of carbonyl (C=O) groups excluding carboxylic acids is 1. The van der Waals surface area contributed by atoms with E-state index in [4.69, 9.17) is 23.8 Å². The lowest BCUT2D eigenvalue weighted by Gasteiger charge is -2.18. The smallest absolute Gasteiger partial charge is 0.233 e. The van der Waals surface area contributed by atoms with Crippen LogP contribution in [0.1, 0.15) is 36.0 Å². The molecule has 3 rings (SSSR count). The van der Waals surface area contributed by atoms with Crippen LogP contribution in [0.25, 0.3) is 0 Å². The quantitative estimate of drug-likeness (QED) is 0.779. The largest absolute Gasteiger partial charge is 0.454 e. The summed E-state index contributed by atoms with van der Waals surface area (Å²) in [5.74, 6) is 0.630. The highest BCUT2D eigenvalue weighted by atomic mass is 35.5. The summed E-state index contributed by atoms with van der Waals surface area (Å²) >= 11 is 5.96. The number of rotatable bonds is 2. The van der Waals surface area contributed by atoms with Gasteiger partial charge < -0.3 is 9.47 Å². The third-order valence-corrected chi connectivity index (χ3v) is 5.63. The van der Waals surface area contributed by atoms with Crippen LogP contribution >= 0.6 is 11.6 Å². The van der Waals surface area contributed by atoms with Crippen LogP contribution in [0, 0.1) is 10.8 Å². The summed E-state index contributed by atoms with van der Waals surface area (Å²) in [5.41, 5.74) is -0.677. The molecule has 1 aliphatic heterocycles. The summed E-state index contributed by atoms with van der Waals surface area (Å²) < 4.78 is 25.1. The van der Waals surface area contributed by atoms with Crippen molar-refractivity contribution in [3.63, 3.8) is 0 Å². The number of fused-ring (bicyclic) bond motifs is 1. The molecule has 1 aromatic rings. The van der Waals surface area contributed by atoms with E-state index in [1.54, 1.807) is 18.2 Å². The SMILES string of the molecule is [2H]C1([2H])Oc2ccc(C3(C(=O)Cl)C(C)(C)C3(C)C)cc2O1. The van der Waals surface area contributed by atoms with Gasteiger partial charge in [-0.05, 0) is 40.1 Å². The van der Waals surface area contributed by atoms with Crippen LogP contribution in [-0.4, -0.2) is 12.0 Å². The summed E-state index contributed by atoms with van der Waals surface area (Å²) in [6.07, 6.45) is 0. The van der Waals surface area contributed by atoms with E-state index in [-0.39, 0.29) is 10.8 Å². The minimum Gasteiger partial charge on any atom is -0.454 e. The standard InChI is InChI=1S/C15H17ClO3/c1-13(2)14(3,4)15(13,12(16)17)9-5-6-10-11(7-9)19-8-18-10/h5-7H,8H2,1-4H3/i8D2. The summed E-state index contributed by atoms with van der Waals surface area (Å²) in [5, 5.41) is -0.403. The van der Waals surface area contributed by atoms with Crippen molar-refractivity contribution in [2.75, 3.05) is 6.75 Å². The summed E-state index contributed by atoms with van der Waals surface area (Å²) in [6.45, 7) is 5.87. The molecular weight excluding hydrogens is 264 g/mol. The van der Waals surface area contributed by atoms with Crippen molar-refractivity contribution in [3.8, 4) is 11.5 Å². The zero-order valence-corrected chi connectivity index (χ0v) is 12.1. The third kappa shape index (κ3) is 1.22. The number of hydrogen-bond donors (Lipinski definition) is 0. The molecule has 19 heavy (non-hydrogen) atoms. The Kier molecular flexibility index (Phi) is 1.92. The fourth-order valence-electron chi connectivity index (χ4n) is 3.66. The maximum Gasteiger partial charge on any atom is 0.233 e. The average molecular weight is 283 g/mol. The minimum absolute atomic E-state index is 0.299. The van der Waals surface area contributed by atoms with E-state index in [1.807, 2.05) is 27.7 Å². The highest BCUT2D eigenvalue weighted by molar-refractivity contribution is 6.66. The van der Waals surface area contributed by atoms with Crippen LogP contribution in [0.4, 0.5) is 0 Å². The van der Waals surface area contributed by atoms with E-state index in [2.05, 4.69) is 0 Å². The number of carbonyl (C=O) groups is 1. The van der Waals surface area contributed by atoms with Crippen LogP contribution in [0.5, 0.6) is 11.5 Å². The number of benzene rings is 1. The topological polar surface area (TPSA) is 35.5 Å². The van der Waals surface area contributed by atoms with E-state index in [0.717, 1.165) is 5.56 Å². The van der Waals surface area contributed by atoms with E-state index < -0.39 is 17.4 Å². The molecule has 0 amide bonds. The molecule has 1 fully saturated rings. The predicted molar refractivity (Wildman–Crippen MR) is 72.7 cm³/mol. The second-order valence-corrected chi connectivity index (χ2v) is 6.57. The van der Waals surface area contributed by atoms with E-state index >= 15 is 0 Å². The lowest BCUT2D eigenvalue weighted by atomic mass is 9.87. The van der Waals surface area contributed by atoms with Gasteiger partial charge in [-0.25, -0.2) is 0 Å². The molecule has 102 valence electrons. The fourth-order valence-corrected chi connectivity index (χ4v) is 4.24. The fraction of sp³-hybridized carbons (Fsp3) is 0.533. The van der Waals surface area contributed by atoms with Crippen molar-refractivity contribution in [2.45, 2.75) is 33.1 Å². The first-order valence-corrected chi connectivity index (χ1v) is 6.58. The second kappa shape index (κ2) is 3.45. The summed E-state index contributed by atoms with van der Waals surface area (Å²) in [7, 11) is 0. The molecule has 0 saturated heterocycles. The van der Waals surface area contributed by atoms with Gasteiger partial charge in [0, 0.05) is 0 Å². The van der Waals surface area contributed by atoms with E-state index in [0.29, 0.717) is 11.5 Å². The van der Waals surface area contributed by atoms with Gasteiger partial charge in [0.05, 0.1) is 5.41 Å². The Hall–Kier alpha value is -1.22. The van der Waals surface area contributed by atoms with Crippen LogP contribution in [0.15, 0.2) is 18.2 Å². The van der Waals surface area contributed by atoms with Gasteiger partial charge in [-0.1, -0.05) is 33.8 Å². The maximum atomic E-state index is 12.2. The van der Waals surface area contributed by atoms with E-state index in [9.17, 15) is 4.79 Å². The van der Waals surface area contributed by atoms with Crippen LogP contribution < -0.4 is 9.47 Å². The first kappa shape index (κ1) is 10.6. The van der Waals surface area contributed by atoms with Crippen molar-refractivity contribution < 1.29 is 17.0 Å². The summed E-state index contributed by atoms with van der Waals surface area (Å²) in [6, 6.07) is 5.05. The molecule has 1 aromatic carbocycles. The van der Waals surface area contributed by atoms with Gasteiger partial charge >= 0.3 is 0 Å².